The van der Waals surface area contributed by atoms with Crippen LogP contribution in [0.2, 0.25) is 0 Å². The van der Waals surface area contributed by atoms with Gasteiger partial charge in [0.2, 0.25) is 0 Å². The standard InChI is InChI=1S/2C8H14O.2C7H12O2.2C7H14O.2C7H14S.2C6H12O2.2C6H12S2/c2*1-6-3-4-7(2)8(9)5-6;2*1-5-3-4-6(2)9-7(5)8;4*1-6-3-4-7(2)8-5-6;4*1-5-3-7-6(2)8-4-5/h2*6-7H,3-5H2,1-2H3;2*5-6H,3-4H2,1-2H3;4*6-7H,3-5H2,1-2H3;4*5-6H,3-4H2,1-2H3. The van der Waals surface area contributed by atoms with E-state index in [1.165, 1.54) is 98.7 Å². The Morgan fingerprint density at radius 1 is 0.240 bits per heavy atom. The van der Waals surface area contributed by atoms with E-state index in [2.05, 4.69) is 181 Å². The Kier molecular flexibility index (Phi) is 57.1. The summed E-state index contributed by atoms with van der Waals surface area (Å²) in [4.78, 5) is 43.6. The molecule has 0 aromatic heterocycles. The second-order valence-corrected chi connectivity index (χ2v) is 41.7. The number of cyclic esters (lactones) is 2. The van der Waals surface area contributed by atoms with E-state index in [9.17, 15) is 19.2 Å². The fraction of sp³-hybridized carbons (Fsp3) is 0.951. The first-order valence-corrected chi connectivity index (χ1v) is 46.2. The SMILES string of the molecule is CC1CCC(C)C(=O)C1.CC1CCC(C)C(=O)C1.CC1CCC(C)C(=O)O1.CC1CCC(C)C(=O)O1.CC1CCC(C)OC1.CC1CCC(C)OC1.CC1CCC(C)SC1.CC1CCC(C)SC1.CC1COC(C)OC1.CC1COC(C)OC1.CC1CSC(C)SC1.CC1CSC(C)SC1. The van der Waals surface area contributed by atoms with Crippen LogP contribution in [0.5, 0.6) is 0 Å². The van der Waals surface area contributed by atoms with Crippen molar-refractivity contribution >= 4 is 94.1 Å². The number of hydrogen-bond acceptors (Lipinski definition) is 18. The molecule has 12 rings (SSSR count). The zero-order valence-electron chi connectivity index (χ0n) is 68.4. The number of ether oxygens (including phenoxy) is 8. The van der Waals surface area contributed by atoms with Crippen LogP contribution in [0.1, 0.15) is 282 Å². The van der Waals surface area contributed by atoms with E-state index >= 15 is 0 Å². The highest BCUT2D eigenvalue weighted by Gasteiger charge is 2.27. The molecule has 10 saturated heterocycles. The minimum atomic E-state index is -0.0336. The molecule has 0 aromatic rings. The molecule has 0 spiro atoms. The van der Waals surface area contributed by atoms with Crippen LogP contribution in [-0.2, 0) is 57.1 Å². The van der Waals surface area contributed by atoms with Gasteiger partial charge < -0.3 is 37.9 Å². The average Bonchev–Trinajstić information content (AvgIpc) is 1.65. The van der Waals surface area contributed by atoms with Crippen LogP contribution < -0.4 is 0 Å². The van der Waals surface area contributed by atoms with Crippen LogP contribution in [0.3, 0.4) is 0 Å². The van der Waals surface area contributed by atoms with E-state index in [0.717, 1.165) is 146 Å². The van der Waals surface area contributed by atoms with E-state index < -0.39 is 0 Å². The predicted molar refractivity (Wildman–Crippen MR) is 439 cm³/mol. The number of carbonyl (C=O) groups excluding carboxylic acids is 4. The molecule has 10 heterocycles. The van der Waals surface area contributed by atoms with Crippen LogP contribution in [0.15, 0.2) is 0 Å². The molecule has 0 amide bonds. The third-order valence-electron chi connectivity index (χ3n) is 19.7. The molecule has 0 bridgehead atoms. The zero-order valence-corrected chi connectivity index (χ0v) is 73.3. The van der Waals surface area contributed by atoms with Crippen molar-refractivity contribution in [2.24, 2.45) is 82.9 Å². The first kappa shape index (κ1) is 98.1. The molecule has 18 heteroatoms. The van der Waals surface area contributed by atoms with Gasteiger partial charge in [-0.25, -0.2) is 0 Å². The van der Waals surface area contributed by atoms with Gasteiger partial charge in [0.05, 0.1) is 62.7 Å². The molecule has 100 heavy (non-hydrogen) atoms. The number of esters is 2. The zero-order chi connectivity index (χ0) is 75.3. The fourth-order valence-electron chi connectivity index (χ4n) is 11.5. The van der Waals surface area contributed by atoms with Gasteiger partial charge in [-0.15, -0.1) is 47.0 Å². The Labute approximate surface area is 642 Å². The van der Waals surface area contributed by atoms with Crippen molar-refractivity contribution in [2.75, 3.05) is 74.2 Å². The van der Waals surface area contributed by atoms with Crippen LogP contribution in [-0.4, -0.2) is 154 Å². The first-order chi connectivity index (χ1) is 47.1. The quantitative estimate of drug-likeness (QED) is 0.212. The molecule has 12 aliphatic rings. The highest BCUT2D eigenvalue weighted by molar-refractivity contribution is 8.17. The number of thioether (sulfide) groups is 6. The lowest BCUT2D eigenvalue weighted by atomic mass is 9.83. The molecule has 0 N–H and O–H groups in total. The molecule has 2 aliphatic carbocycles. The summed E-state index contributed by atoms with van der Waals surface area (Å²) in [5.41, 5.74) is 0. The molecule has 592 valence electrons. The Hall–Kier alpha value is 0.140. The topological polar surface area (TPSA) is 142 Å². The van der Waals surface area contributed by atoms with Gasteiger partial charge in [-0.1, -0.05) is 111 Å². The maximum Gasteiger partial charge on any atom is 0.308 e. The summed E-state index contributed by atoms with van der Waals surface area (Å²) in [6, 6.07) is 0. The Balaban J connectivity index is 0.000000546. The molecule has 16 unspecified atom stereocenters. The molecule has 2 saturated carbocycles. The number of carbonyl (C=O) groups is 4. The second kappa shape index (κ2) is 58.2. The lowest BCUT2D eigenvalue weighted by Crippen LogP contribution is -2.27. The van der Waals surface area contributed by atoms with Crippen molar-refractivity contribution in [1.29, 1.82) is 0 Å². The van der Waals surface area contributed by atoms with E-state index in [1.807, 2.05) is 55.4 Å². The number of Topliss-reactive ketones (excluding diaryl/α,β-unsaturated/α-hetero) is 2. The van der Waals surface area contributed by atoms with Gasteiger partial charge in [0.1, 0.15) is 11.6 Å². The van der Waals surface area contributed by atoms with Crippen molar-refractivity contribution < 1.29 is 57.1 Å². The summed E-state index contributed by atoms with van der Waals surface area (Å²) in [6.45, 7) is 56.9. The number of ketones is 2. The van der Waals surface area contributed by atoms with Gasteiger partial charge >= 0.3 is 11.9 Å². The van der Waals surface area contributed by atoms with Crippen LogP contribution in [0, 0.1) is 82.9 Å². The molecule has 10 aliphatic heterocycles. The molecule has 12 fully saturated rings. The third-order valence-corrected chi connectivity index (χ3v) is 29.4. The lowest BCUT2D eigenvalue weighted by Gasteiger charge is -2.24. The number of hydrogen-bond donors (Lipinski definition) is 0. The van der Waals surface area contributed by atoms with Crippen molar-refractivity contribution in [1.82, 2.24) is 0 Å². The largest absolute Gasteiger partial charge is 0.462 e. The molecular weight excluding hydrogens is 1370 g/mol. The normalized spacial score (nSPS) is 38.6. The highest BCUT2D eigenvalue weighted by atomic mass is 32.2. The van der Waals surface area contributed by atoms with Crippen molar-refractivity contribution in [3.63, 3.8) is 0 Å². The van der Waals surface area contributed by atoms with E-state index in [4.69, 9.17) is 37.9 Å². The van der Waals surface area contributed by atoms with E-state index in [1.54, 1.807) is 0 Å². The summed E-state index contributed by atoms with van der Waals surface area (Å²) in [7, 11) is 0. The lowest BCUT2D eigenvalue weighted by molar-refractivity contribution is -0.187. The third kappa shape index (κ3) is 53.0. The maximum absolute atomic E-state index is 11.0. The summed E-state index contributed by atoms with van der Waals surface area (Å²) in [5.74, 6) is 18.0. The monoisotopic (exact) mass is 1520 g/mol. The van der Waals surface area contributed by atoms with Gasteiger partial charge in [-0.05, 0) is 240 Å². The maximum atomic E-state index is 11.0. The van der Waals surface area contributed by atoms with Crippen LogP contribution >= 0.6 is 70.6 Å². The summed E-state index contributed by atoms with van der Waals surface area (Å²) >= 11 is 12.6. The summed E-state index contributed by atoms with van der Waals surface area (Å²) in [6.07, 6.45) is 22.7. The van der Waals surface area contributed by atoms with Crippen molar-refractivity contribution in [3.05, 3.63) is 0 Å². The van der Waals surface area contributed by atoms with Crippen molar-refractivity contribution in [2.45, 2.75) is 338 Å². The van der Waals surface area contributed by atoms with E-state index in [0.29, 0.717) is 59.3 Å². The van der Waals surface area contributed by atoms with Gasteiger partial charge in [0.25, 0.3) is 0 Å². The minimum absolute atomic E-state index is 0.0196. The van der Waals surface area contributed by atoms with Gasteiger partial charge in [-0.3, -0.25) is 19.2 Å². The Bertz CT molecular complexity index is 1560. The predicted octanol–water partition coefficient (Wildman–Crippen LogP) is 22.4. The highest BCUT2D eigenvalue weighted by Crippen LogP contribution is 2.34. The first-order valence-electron chi connectivity index (χ1n) is 40.0. The number of rotatable bonds is 0. The van der Waals surface area contributed by atoms with Gasteiger partial charge in [0.15, 0.2) is 12.6 Å². The average molecular weight is 1530 g/mol. The molecule has 12 nitrogen and oxygen atoms in total. The van der Waals surface area contributed by atoms with Gasteiger partial charge in [-0.2, -0.15) is 23.5 Å². The molecule has 0 radical (unpaired) electrons. The van der Waals surface area contributed by atoms with E-state index in [-0.39, 0.29) is 48.6 Å². The molecule has 0 aromatic carbocycles. The van der Waals surface area contributed by atoms with Crippen LogP contribution in [0.25, 0.3) is 0 Å². The minimum Gasteiger partial charge on any atom is -0.462 e. The summed E-state index contributed by atoms with van der Waals surface area (Å²) < 4.78 is 43.1. The second-order valence-electron chi connectivity index (χ2n) is 32.6. The fourth-order valence-corrected chi connectivity index (χ4v) is 18.6. The Morgan fingerprint density at radius 3 is 0.700 bits per heavy atom. The molecular formula is C82H156O12S6. The smallest absolute Gasteiger partial charge is 0.308 e. The van der Waals surface area contributed by atoms with Crippen LogP contribution in [0.4, 0.5) is 0 Å². The summed E-state index contributed by atoms with van der Waals surface area (Å²) in [5, 5.41) is 1.87. The van der Waals surface area contributed by atoms with Gasteiger partial charge in [0, 0.05) is 69.4 Å². The molecule has 16 atom stereocenters. The van der Waals surface area contributed by atoms with Crippen molar-refractivity contribution in [3.8, 4) is 0 Å². The Morgan fingerprint density at radius 2 is 0.500 bits per heavy atom.